The van der Waals surface area contributed by atoms with Gasteiger partial charge in [0.25, 0.3) is 0 Å². The minimum absolute atomic E-state index is 0.111. The fourth-order valence-corrected chi connectivity index (χ4v) is 1.73. The number of rotatable bonds is 8. The maximum atomic E-state index is 11.9. The lowest BCUT2D eigenvalue weighted by Crippen LogP contribution is -2.43. The van der Waals surface area contributed by atoms with Crippen LogP contribution in [0, 0.1) is 6.92 Å². The van der Waals surface area contributed by atoms with E-state index in [0.29, 0.717) is 13.2 Å². The van der Waals surface area contributed by atoms with Gasteiger partial charge in [-0.15, -0.1) is 0 Å². The van der Waals surface area contributed by atoms with Crippen molar-refractivity contribution in [3.63, 3.8) is 0 Å². The molecule has 1 amide bonds. The summed E-state index contributed by atoms with van der Waals surface area (Å²) in [5.41, 5.74) is 6.82. The third-order valence-electron chi connectivity index (χ3n) is 3.08. The molecule has 1 unspecified atom stereocenters. The molecule has 1 aromatic rings. The molecule has 1 rings (SSSR count). The number of carbonyl (C=O) groups is 2. The van der Waals surface area contributed by atoms with Crippen molar-refractivity contribution in [2.45, 2.75) is 25.8 Å². The Bertz CT molecular complexity index is 473. The number of hydrogen-bond acceptors (Lipinski definition) is 4. The maximum absolute atomic E-state index is 11.9. The van der Waals surface area contributed by atoms with Gasteiger partial charge >= 0.3 is 5.97 Å². The molecule has 0 aliphatic carbocycles. The van der Waals surface area contributed by atoms with Crippen LogP contribution in [0.4, 0.5) is 0 Å². The van der Waals surface area contributed by atoms with Crippen LogP contribution in [0.15, 0.2) is 24.3 Å². The number of amides is 1. The van der Waals surface area contributed by atoms with Crippen molar-refractivity contribution in [1.29, 1.82) is 0 Å². The van der Waals surface area contributed by atoms with Gasteiger partial charge in [-0.25, -0.2) is 0 Å². The number of aliphatic carboxylic acids is 1. The summed E-state index contributed by atoms with van der Waals surface area (Å²) in [4.78, 5) is 23.8. The van der Waals surface area contributed by atoms with Gasteiger partial charge in [0.15, 0.2) is 0 Å². The van der Waals surface area contributed by atoms with Gasteiger partial charge in [0, 0.05) is 13.5 Å². The zero-order valence-electron chi connectivity index (χ0n) is 12.4. The van der Waals surface area contributed by atoms with Gasteiger partial charge in [0.1, 0.15) is 12.4 Å². The van der Waals surface area contributed by atoms with Crippen LogP contribution in [0.2, 0.25) is 0 Å². The van der Waals surface area contributed by atoms with E-state index in [-0.39, 0.29) is 18.7 Å². The van der Waals surface area contributed by atoms with E-state index < -0.39 is 12.0 Å². The number of benzene rings is 1. The van der Waals surface area contributed by atoms with Gasteiger partial charge in [-0.2, -0.15) is 0 Å². The number of carboxylic acid groups (broad SMARTS) is 1. The van der Waals surface area contributed by atoms with Crippen molar-refractivity contribution in [2.75, 3.05) is 20.2 Å². The molecule has 6 heteroatoms. The first-order valence-electron chi connectivity index (χ1n) is 6.82. The monoisotopic (exact) mass is 294 g/mol. The number of aryl methyl sites for hydroxylation is 1. The molecule has 0 fully saturated rings. The Balaban J connectivity index is 2.32. The molecule has 0 saturated heterocycles. The highest BCUT2D eigenvalue weighted by molar-refractivity contribution is 5.82. The van der Waals surface area contributed by atoms with E-state index in [2.05, 4.69) is 0 Å². The van der Waals surface area contributed by atoms with Crippen LogP contribution in [-0.4, -0.2) is 48.1 Å². The van der Waals surface area contributed by atoms with Crippen molar-refractivity contribution < 1.29 is 19.4 Å². The van der Waals surface area contributed by atoms with E-state index in [1.54, 1.807) is 7.05 Å². The molecule has 1 aromatic carbocycles. The molecule has 1 atom stereocenters. The molecule has 0 spiro atoms. The van der Waals surface area contributed by atoms with Crippen LogP contribution < -0.4 is 10.5 Å². The van der Waals surface area contributed by atoms with Crippen LogP contribution in [-0.2, 0) is 9.59 Å². The van der Waals surface area contributed by atoms with Crippen molar-refractivity contribution in [2.24, 2.45) is 5.73 Å². The van der Waals surface area contributed by atoms with Gasteiger partial charge in [0.2, 0.25) is 5.91 Å². The first kappa shape index (κ1) is 17.0. The molecule has 3 N–H and O–H groups in total. The number of nitrogens with two attached hydrogens (primary N) is 1. The van der Waals surface area contributed by atoms with E-state index >= 15 is 0 Å². The number of ether oxygens (including phenoxy) is 1. The van der Waals surface area contributed by atoms with Crippen LogP contribution in [0.3, 0.4) is 0 Å². The van der Waals surface area contributed by atoms with Crippen LogP contribution in [0.1, 0.15) is 18.4 Å². The summed E-state index contributed by atoms with van der Waals surface area (Å²) in [7, 11) is 1.63. The highest BCUT2D eigenvalue weighted by atomic mass is 16.5. The lowest BCUT2D eigenvalue weighted by Gasteiger charge is -2.21. The Hall–Kier alpha value is -2.08. The second-order valence-electron chi connectivity index (χ2n) is 4.96. The third-order valence-corrected chi connectivity index (χ3v) is 3.08. The summed E-state index contributed by atoms with van der Waals surface area (Å²) in [5, 5.41) is 8.57. The minimum atomic E-state index is -0.955. The molecule has 6 nitrogen and oxygen atoms in total. The Labute approximate surface area is 124 Å². The summed E-state index contributed by atoms with van der Waals surface area (Å²) in [6.45, 7) is 2.75. The Morgan fingerprint density at radius 1 is 1.33 bits per heavy atom. The van der Waals surface area contributed by atoms with Gasteiger partial charge in [-0.3, -0.25) is 9.59 Å². The summed E-state index contributed by atoms with van der Waals surface area (Å²) < 4.78 is 5.53. The molecular formula is C15H22N2O4. The smallest absolute Gasteiger partial charge is 0.303 e. The second kappa shape index (κ2) is 8.26. The molecule has 21 heavy (non-hydrogen) atoms. The third kappa shape index (κ3) is 6.27. The van der Waals surface area contributed by atoms with Crippen LogP contribution in [0.25, 0.3) is 0 Å². The summed E-state index contributed by atoms with van der Waals surface area (Å²) >= 11 is 0. The lowest BCUT2D eigenvalue weighted by atomic mass is 10.1. The number of carbonyl (C=O) groups excluding carboxylic acids is 1. The molecular weight excluding hydrogens is 272 g/mol. The van der Waals surface area contributed by atoms with Gasteiger partial charge in [-0.1, -0.05) is 17.7 Å². The first-order valence-corrected chi connectivity index (χ1v) is 6.82. The van der Waals surface area contributed by atoms with E-state index in [9.17, 15) is 9.59 Å². The predicted octanol–water partition coefficient (Wildman–Crippen LogP) is 1.02. The standard InChI is InChI=1S/C15H22N2O4/c1-11-3-5-12(6-4-11)21-10-9-17(2)15(20)13(16)7-8-14(18)19/h3-6,13H,7-10,16H2,1-2H3,(H,18,19). The van der Waals surface area contributed by atoms with Gasteiger partial charge < -0.3 is 20.5 Å². The molecule has 116 valence electrons. The number of hydrogen-bond donors (Lipinski definition) is 2. The summed E-state index contributed by atoms with van der Waals surface area (Å²) in [6.07, 6.45) is 0.0257. The number of carboxylic acids is 1. The average Bonchev–Trinajstić information content (AvgIpc) is 2.45. The molecule has 0 aromatic heterocycles. The van der Waals surface area contributed by atoms with Crippen LogP contribution >= 0.6 is 0 Å². The Kier molecular flexibility index (Phi) is 6.68. The summed E-state index contributed by atoms with van der Waals surface area (Å²) in [5.74, 6) is -0.482. The fourth-order valence-electron chi connectivity index (χ4n) is 1.73. The molecule has 0 bridgehead atoms. The quantitative estimate of drug-likeness (QED) is 0.747. The SMILES string of the molecule is Cc1ccc(OCCN(C)C(=O)C(N)CCC(=O)O)cc1. The van der Waals surface area contributed by atoms with E-state index in [1.165, 1.54) is 4.90 Å². The Morgan fingerprint density at radius 3 is 2.52 bits per heavy atom. The van der Waals surface area contributed by atoms with Crippen molar-refractivity contribution in [3.05, 3.63) is 29.8 Å². The van der Waals surface area contributed by atoms with Crippen molar-refractivity contribution >= 4 is 11.9 Å². The second-order valence-corrected chi connectivity index (χ2v) is 4.96. The summed E-state index contributed by atoms with van der Waals surface area (Å²) in [6, 6.07) is 6.86. The highest BCUT2D eigenvalue weighted by Gasteiger charge is 2.18. The first-order chi connectivity index (χ1) is 9.90. The number of likely N-dealkylation sites (N-methyl/N-ethyl adjacent to an activating group) is 1. The predicted molar refractivity (Wildman–Crippen MR) is 79.2 cm³/mol. The molecule has 0 radical (unpaired) electrons. The van der Waals surface area contributed by atoms with Gasteiger partial charge in [-0.05, 0) is 25.5 Å². The Morgan fingerprint density at radius 2 is 1.95 bits per heavy atom. The molecule has 0 heterocycles. The zero-order chi connectivity index (χ0) is 15.8. The zero-order valence-corrected chi connectivity index (χ0v) is 12.4. The van der Waals surface area contributed by atoms with Crippen LogP contribution in [0.5, 0.6) is 5.75 Å². The largest absolute Gasteiger partial charge is 0.492 e. The lowest BCUT2D eigenvalue weighted by molar-refractivity contribution is -0.137. The van der Waals surface area contributed by atoms with E-state index in [0.717, 1.165) is 11.3 Å². The topological polar surface area (TPSA) is 92.9 Å². The van der Waals surface area contributed by atoms with Crippen molar-refractivity contribution in [1.82, 2.24) is 4.90 Å². The van der Waals surface area contributed by atoms with Crippen molar-refractivity contribution in [3.8, 4) is 5.75 Å². The highest BCUT2D eigenvalue weighted by Crippen LogP contribution is 2.11. The normalized spacial score (nSPS) is 11.8. The van der Waals surface area contributed by atoms with E-state index in [1.807, 2.05) is 31.2 Å². The molecule has 0 saturated carbocycles. The maximum Gasteiger partial charge on any atom is 0.303 e. The fraction of sp³-hybridized carbons (Fsp3) is 0.467. The number of nitrogens with zero attached hydrogens (tertiary/aromatic N) is 1. The van der Waals surface area contributed by atoms with E-state index in [4.69, 9.17) is 15.6 Å². The average molecular weight is 294 g/mol. The molecule has 0 aliphatic heterocycles. The van der Waals surface area contributed by atoms with Gasteiger partial charge in [0.05, 0.1) is 12.6 Å². The molecule has 0 aliphatic rings. The minimum Gasteiger partial charge on any atom is -0.492 e.